The number of aromatic nitrogens is 1. The van der Waals surface area contributed by atoms with Crippen LogP contribution in [-0.2, 0) is 15.9 Å². The van der Waals surface area contributed by atoms with Crippen LogP contribution < -0.4 is 14.0 Å². The molecule has 0 amide bonds. The summed E-state index contributed by atoms with van der Waals surface area (Å²) >= 11 is -1.21. The normalized spacial score (nSPS) is 21.1. The van der Waals surface area contributed by atoms with Crippen molar-refractivity contribution in [2.75, 3.05) is 6.61 Å². The van der Waals surface area contributed by atoms with Gasteiger partial charge in [-0.2, -0.15) is 4.98 Å². The molecule has 0 fully saturated rings. The minimum absolute atomic E-state index is 0.0396. The lowest BCUT2D eigenvalue weighted by Gasteiger charge is -2.30. The predicted molar refractivity (Wildman–Crippen MR) is 80.0 cm³/mol. The number of nitrogens with one attached hydrogen (secondary N) is 1. The first-order valence-electron chi connectivity index (χ1n) is 6.50. The highest BCUT2D eigenvalue weighted by atomic mass is 32.2. The van der Waals surface area contributed by atoms with E-state index < -0.39 is 19.6 Å². The summed E-state index contributed by atoms with van der Waals surface area (Å²) < 4.78 is 35.7. The number of pyridine rings is 1. The number of fused-ring (bicyclic) bond motifs is 1. The molecule has 2 N–H and O–H groups in total. The Morgan fingerprint density at radius 2 is 2.29 bits per heavy atom. The van der Waals surface area contributed by atoms with Crippen molar-refractivity contribution in [3.8, 4) is 11.8 Å². The lowest BCUT2D eigenvalue weighted by Crippen LogP contribution is -2.42. The van der Waals surface area contributed by atoms with Gasteiger partial charge in [-0.25, -0.2) is 4.57 Å². The average molecular weight is 334 g/mol. The van der Waals surface area contributed by atoms with Gasteiger partial charge in [0.1, 0.15) is 4.75 Å². The second-order valence-corrected chi connectivity index (χ2v) is 8.33. The summed E-state index contributed by atoms with van der Waals surface area (Å²) in [6, 6.07) is 3.07. The molecule has 7 nitrogen and oxygen atoms in total. The van der Waals surface area contributed by atoms with Crippen molar-refractivity contribution in [1.29, 1.82) is 0 Å². The van der Waals surface area contributed by atoms with Gasteiger partial charge in [-0.1, -0.05) is 0 Å². The van der Waals surface area contributed by atoms with E-state index in [0.717, 1.165) is 5.56 Å². The van der Waals surface area contributed by atoms with Gasteiger partial charge in [0.25, 0.3) is 0 Å². The Bertz CT molecular complexity index is 537. The number of hydrogen-bond acceptors (Lipinski definition) is 6. The molecule has 2 rings (SSSR count). The quantitative estimate of drug-likeness (QED) is 0.638. The van der Waals surface area contributed by atoms with Gasteiger partial charge in [-0.05, 0) is 26.8 Å². The molecule has 2 heterocycles. The third-order valence-corrected chi connectivity index (χ3v) is 4.88. The van der Waals surface area contributed by atoms with Crippen LogP contribution >= 0.6 is 8.25 Å². The molecule has 1 aromatic heterocycles. The smallest absolute Gasteiger partial charge is 0.366 e. The van der Waals surface area contributed by atoms with Gasteiger partial charge in [0.2, 0.25) is 11.8 Å². The van der Waals surface area contributed by atoms with Crippen LogP contribution in [0, 0.1) is 0 Å². The standard InChI is InChI=1S/C12H19N2O5PS/c1-12(2,3)21(17)14-9-6-7-18-11-8(9)4-5-10(13-11)19-20(15)16/h4-5,9,14,20H,6-7H2,1-3H3,(H,15,16). The van der Waals surface area contributed by atoms with E-state index in [9.17, 15) is 9.12 Å². The van der Waals surface area contributed by atoms with E-state index in [2.05, 4.69) is 14.2 Å². The van der Waals surface area contributed by atoms with Crippen LogP contribution in [0.2, 0.25) is 0 Å². The van der Waals surface area contributed by atoms with E-state index >= 15 is 0 Å². The molecular formula is C12H19N2O5PS. The highest BCUT2D eigenvalue weighted by Gasteiger charge is 2.33. The molecule has 0 saturated heterocycles. The van der Waals surface area contributed by atoms with Gasteiger partial charge < -0.3 is 18.7 Å². The maximum atomic E-state index is 12.2. The molecule has 21 heavy (non-hydrogen) atoms. The van der Waals surface area contributed by atoms with Crippen LogP contribution in [0.15, 0.2) is 12.1 Å². The maximum Gasteiger partial charge on any atom is 0.366 e. The van der Waals surface area contributed by atoms with Crippen molar-refractivity contribution in [1.82, 2.24) is 9.71 Å². The first kappa shape index (κ1) is 16.6. The summed E-state index contributed by atoms with van der Waals surface area (Å²) in [5.74, 6) is 0.378. The molecule has 1 aliphatic rings. The van der Waals surface area contributed by atoms with Crippen molar-refractivity contribution in [2.45, 2.75) is 38.0 Å². The van der Waals surface area contributed by atoms with Crippen molar-refractivity contribution < 1.29 is 23.3 Å². The Kier molecular flexibility index (Phi) is 5.16. The minimum atomic E-state index is -3.10. The van der Waals surface area contributed by atoms with Crippen molar-refractivity contribution in [2.24, 2.45) is 0 Å². The van der Waals surface area contributed by atoms with Gasteiger partial charge in [0, 0.05) is 29.4 Å². The Balaban J connectivity index is 2.18. The lowest BCUT2D eigenvalue weighted by atomic mass is 10.0. The average Bonchev–Trinajstić information content (AvgIpc) is 2.36. The SMILES string of the molecule is CC(C)(C)[S+]([O-])NC1CCOc2nc(O[PH](=O)O)ccc21. The van der Waals surface area contributed by atoms with Crippen LogP contribution in [-0.4, -0.2) is 25.8 Å². The highest BCUT2D eigenvalue weighted by molar-refractivity contribution is 7.90. The Morgan fingerprint density at radius 1 is 1.57 bits per heavy atom. The number of ether oxygens (including phenoxy) is 1. The second-order valence-electron chi connectivity index (χ2n) is 5.60. The summed E-state index contributed by atoms with van der Waals surface area (Å²) in [5.41, 5.74) is 0.767. The molecule has 0 spiro atoms. The molecule has 0 saturated carbocycles. The summed E-state index contributed by atoms with van der Waals surface area (Å²) in [5, 5.41) is 0. The molecular weight excluding hydrogens is 315 g/mol. The first-order valence-corrected chi connectivity index (χ1v) is 8.91. The van der Waals surface area contributed by atoms with Crippen molar-refractivity contribution >= 4 is 19.6 Å². The van der Waals surface area contributed by atoms with E-state index in [0.29, 0.717) is 18.9 Å². The van der Waals surface area contributed by atoms with Crippen LogP contribution in [0.1, 0.15) is 38.8 Å². The lowest BCUT2D eigenvalue weighted by molar-refractivity contribution is 0.249. The molecule has 0 radical (unpaired) electrons. The molecule has 1 aliphatic heterocycles. The molecule has 9 heteroatoms. The topological polar surface area (TPSA) is 104 Å². The van der Waals surface area contributed by atoms with Gasteiger partial charge in [-0.3, -0.25) is 0 Å². The van der Waals surface area contributed by atoms with Crippen molar-refractivity contribution in [3.63, 3.8) is 0 Å². The largest absolute Gasteiger partial charge is 0.598 e. The van der Waals surface area contributed by atoms with Gasteiger partial charge in [0.05, 0.1) is 12.6 Å². The zero-order valence-electron chi connectivity index (χ0n) is 12.1. The fourth-order valence-corrected chi connectivity index (χ4v) is 2.97. The summed E-state index contributed by atoms with van der Waals surface area (Å²) in [6.07, 6.45) is 0.674. The van der Waals surface area contributed by atoms with E-state index in [4.69, 9.17) is 9.63 Å². The molecule has 1 aromatic rings. The van der Waals surface area contributed by atoms with Crippen molar-refractivity contribution in [3.05, 3.63) is 17.7 Å². The zero-order chi connectivity index (χ0) is 15.6. The van der Waals surface area contributed by atoms with Crippen LogP contribution in [0.3, 0.4) is 0 Å². The summed E-state index contributed by atoms with van der Waals surface area (Å²) in [4.78, 5) is 12.8. The monoisotopic (exact) mass is 334 g/mol. The Morgan fingerprint density at radius 3 is 2.90 bits per heavy atom. The molecule has 118 valence electrons. The number of nitrogens with zero attached hydrogens (tertiary/aromatic N) is 1. The van der Waals surface area contributed by atoms with E-state index in [-0.39, 0.29) is 16.7 Å². The van der Waals surface area contributed by atoms with E-state index in [1.807, 2.05) is 20.8 Å². The highest BCUT2D eigenvalue weighted by Crippen LogP contribution is 2.34. The third kappa shape index (κ3) is 4.34. The van der Waals surface area contributed by atoms with Crippen LogP contribution in [0.5, 0.6) is 11.8 Å². The molecule has 0 aromatic carbocycles. The summed E-state index contributed by atoms with van der Waals surface area (Å²) in [6.45, 7) is 6.11. The first-order chi connectivity index (χ1) is 9.77. The van der Waals surface area contributed by atoms with Gasteiger partial charge in [-0.15, -0.1) is 4.72 Å². The third-order valence-electron chi connectivity index (χ3n) is 2.88. The fraction of sp³-hybridized carbons (Fsp3) is 0.583. The van der Waals surface area contributed by atoms with Crippen LogP contribution in [0.25, 0.3) is 0 Å². The maximum absolute atomic E-state index is 12.2. The van der Waals surface area contributed by atoms with E-state index in [1.54, 1.807) is 6.07 Å². The molecule has 0 aliphatic carbocycles. The van der Waals surface area contributed by atoms with Gasteiger partial charge in [0.15, 0.2) is 0 Å². The Labute approximate surface area is 127 Å². The summed E-state index contributed by atoms with van der Waals surface area (Å²) in [7, 11) is -3.10. The zero-order valence-corrected chi connectivity index (χ0v) is 13.9. The molecule has 3 atom stereocenters. The van der Waals surface area contributed by atoms with Crippen LogP contribution in [0.4, 0.5) is 0 Å². The van der Waals surface area contributed by atoms with E-state index in [1.165, 1.54) is 6.07 Å². The Hall–Kier alpha value is -0.790. The fourth-order valence-electron chi connectivity index (χ4n) is 1.82. The minimum Gasteiger partial charge on any atom is -0.598 e. The van der Waals surface area contributed by atoms with Gasteiger partial charge >= 0.3 is 8.25 Å². The second kappa shape index (κ2) is 6.54. The predicted octanol–water partition coefficient (Wildman–Crippen LogP) is 1.72. The number of rotatable bonds is 4. The number of hydrogen-bond donors (Lipinski definition) is 2. The molecule has 3 unspecified atom stereocenters. The molecule has 0 bridgehead atoms.